The number of aromatic amines is 1. The summed E-state index contributed by atoms with van der Waals surface area (Å²) in [4.78, 5) is 12.5. The van der Waals surface area contributed by atoms with E-state index in [0.29, 0.717) is 23.0 Å². The van der Waals surface area contributed by atoms with Crippen molar-refractivity contribution in [2.45, 2.75) is 19.9 Å². The molecule has 7 heteroatoms. The molecule has 0 radical (unpaired) electrons. The maximum atomic E-state index is 12.5. The molecule has 0 aliphatic heterocycles. The zero-order valence-corrected chi connectivity index (χ0v) is 15.1. The van der Waals surface area contributed by atoms with Gasteiger partial charge >= 0.3 is 0 Å². The van der Waals surface area contributed by atoms with Gasteiger partial charge in [-0.3, -0.25) is 9.89 Å². The zero-order valence-electron chi connectivity index (χ0n) is 15.1. The Morgan fingerprint density at radius 1 is 1.19 bits per heavy atom. The number of methoxy groups -OCH3 is 2. The number of H-pyrrole nitrogens is 1. The van der Waals surface area contributed by atoms with Crippen LogP contribution in [0.3, 0.4) is 0 Å². The van der Waals surface area contributed by atoms with E-state index in [9.17, 15) is 4.79 Å². The van der Waals surface area contributed by atoms with Crippen LogP contribution in [0.15, 0.2) is 40.8 Å². The van der Waals surface area contributed by atoms with E-state index in [0.717, 1.165) is 11.3 Å². The largest absolute Gasteiger partial charge is 0.497 e. The Balaban J connectivity index is 1.77. The number of nitrogens with zero attached hydrogens (tertiary/aromatic N) is 1. The van der Waals surface area contributed by atoms with E-state index in [-0.39, 0.29) is 17.6 Å². The third-order valence-corrected chi connectivity index (χ3v) is 4.07. The van der Waals surface area contributed by atoms with Crippen molar-refractivity contribution >= 4 is 5.91 Å². The molecule has 0 bridgehead atoms. The van der Waals surface area contributed by atoms with Crippen molar-refractivity contribution in [2.75, 3.05) is 14.2 Å². The zero-order chi connectivity index (χ0) is 18.7. The van der Waals surface area contributed by atoms with Crippen molar-refractivity contribution in [3.05, 3.63) is 53.4 Å². The van der Waals surface area contributed by atoms with E-state index in [1.165, 1.54) is 0 Å². The second-order valence-electron chi connectivity index (χ2n) is 5.88. The molecule has 3 aromatic rings. The second kappa shape index (κ2) is 7.35. The summed E-state index contributed by atoms with van der Waals surface area (Å²) in [7, 11) is 3.18. The number of ether oxygens (including phenoxy) is 2. The molecule has 0 aliphatic rings. The lowest BCUT2D eigenvalue weighted by Gasteiger charge is -2.17. The van der Waals surface area contributed by atoms with Gasteiger partial charge in [-0.25, -0.2) is 0 Å². The Hall–Kier alpha value is -3.22. The molecule has 2 heterocycles. The summed E-state index contributed by atoms with van der Waals surface area (Å²) in [5, 5.41) is 9.81. The number of hydrogen-bond donors (Lipinski definition) is 2. The minimum absolute atomic E-state index is 0.280. The molecule has 1 amide bonds. The fourth-order valence-corrected chi connectivity index (χ4v) is 2.67. The molecule has 1 atom stereocenters. The maximum Gasteiger partial charge on any atom is 0.272 e. The minimum atomic E-state index is -0.298. The van der Waals surface area contributed by atoms with Crippen molar-refractivity contribution in [3.63, 3.8) is 0 Å². The first-order valence-electron chi connectivity index (χ1n) is 8.17. The second-order valence-corrected chi connectivity index (χ2v) is 5.88. The van der Waals surface area contributed by atoms with Gasteiger partial charge in [0.05, 0.1) is 20.3 Å². The van der Waals surface area contributed by atoms with Crippen LogP contribution >= 0.6 is 0 Å². The smallest absolute Gasteiger partial charge is 0.272 e. The third-order valence-electron chi connectivity index (χ3n) is 4.07. The minimum Gasteiger partial charge on any atom is -0.497 e. The number of amides is 1. The van der Waals surface area contributed by atoms with Crippen molar-refractivity contribution in [1.29, 1.82) is 0 Å². The molecule has 2 aromatic heterocycles. The molecule has 136 valence electrons. The fourth-order valence-electron chi connectivity index (χ4n) is 2.67. The van der Waals surface area contributed by atoms with Gasteiger partial charge in [0.2, 0.25) is 0 Å². The van der Waals surface area contributed by atoms with Crippen LogP contribution in [0.5, 0.6) is 11.5 Å². The molecule has 0 fully saturated rings. The highest BCUT2D eigenvalue weighted by Gasteiger charge is 2.19. The quantitative estimate of drug-likeness (QED) is 0.706. The summed E-state index contributed by atoms with van der Waals surface area (Å²) in [5.41, 5.74) is 1.75. The summed E-state index contributed by atoms with van der Waals surface area (Å²) in [6.45, 7) is 3.73. The molecule has 3 rings (SSSR count). The van der Waals surface area contributed by atoms with E-state index < -0.39 is 0 Å². The number of nitrogens with one attached hydrogen (secondary N) is 2. The van der Waals surface area contributed by atoms with E-state index in [2.05, 4.69) is 15.5 Å². The average molecular weight is 355 g/mol. The SMILES string of the molecule is COc1ccc(OC)c(C(C)NC(=O)c2cc(-c3ccc(C)o3)[nH]n2)c1. The Morgan fingerprint density at radius 2 is 2.00 bits per heavy atom. The van der Waals surface area contributed by atoms with Crippen LogP contribution in [-0.4, -0.2) is 30.3 Å². The predicted molar refractivity (Wildman–Crippen MR) is 96.5 cm³/mol. The summed E-state index contributed by atoms with van der Waals surface area (Å²) in [6.07, 6.45) is 0. The van der Waals surface area contributed by atoms with E-state index in [1.807, 2.05) is 44.2 Å². The van der Waals surface area contributed by atoms with Crippen molar-refractivity contribution in [2.24, 2.45) is 0 Å². The number of benzene rings is 1. The molecule has 26 heavy (non-hydrogen) atoms. The van der Waals surface area contributed by atoms with Crippen LogP contribution in [0.2, 0.25) is 0 Å². The summed E-state index contributed by atoms with van der Waals surface area (Å²) >= 11 is 0. The lowest BCUT2D eigenvalue weighted by Crippen LogP contribution is -2.27. The molecule has 1 unspecified atom stereocenters. The number of aromatic nitrogens is 2. The Bertz CT molecular complexity index is 913. The third kappa shape index (κ3) is 3.56. The first-order valence-corrected chi connectivity index (χ1v) is 8.17. The average Bonchev–Trinajstić information content (AvgIpc) is 3.30. The van der Waals surface area contributed by atoms with Gasteiger partial charge in [-0.1, -0.05) is 0 Å². The maximum absolute atomic E-state index is 12.5. The van der Waals surface area contributed by atoms with Crippen LogP contribution < -0.4 is 14.8 Å². The first-order chi connectivity index (χ1) is 12.5. The van der Waals surface area contributed by atoms with Gasteiger partial charge in [0.25, 0.3) is 5.91 Å². The molecule has 0 saturated heterocycles. The van der Waals surface area contributed by atoms with Gasteiger partial charge in [0.1, 0.15) is 23.0 Å². The predicted octanol–water partition coefficient (Wildman–Crippen LogP) is 3.49. The first kappa shape index (κ1) is 17.6. The molecular weight excluding hydrogens is 334 g/mol. The number of rotatable bonds is 6. The number of furan rings is 1. The Morgan fingerprint density at radius 3 is 2.65 bits per heavy atom. The summed E-state index contributed by atoms with van der Waals surface area (Å²) in [6, 6.07) is 10.5. The highest BCUT2D eigenvalue weighted by molar-refractivity contribution is 5.93. The van der Waals surface area contributed by atoms with E-state index >= 15 is 0 Å². The van der Waals surface area contributed by atoms with Gasteiger partial charge in [-0.05, 0) is 44.2 Å². The number of carbonyl (C=O) groups is 1. The van der Waals surface area contributed by atoms with Crippen LogP contribution in [0, 0.1) is 6.92 Å². The van der Waals surface area contributed by atoms with E-state index in [1.54, 1.807) is 20.3 Å². The fraction of sp³-hybridized carbons (Fsp3) is 0.263. The van der Waals surface area contributed by atoms with Crippen LogP contribution in [0.25, 0.3) is 11.5 Å². The molecule has 2 N–H and O–H groups in total. The highest BCUT2D eigenvalue weighted by atomic mass is 16.5. The number of carbonyl (C=O) groups excluding carboxylic acids is 1. The van der Waals surface area contributed by atoms with Crippen molar-refractivity contribution in [3.8, 4) is 23.0 Å². The van der Waals surface area contributed by atoms with Crippen molar-refractivity contribution in [1.82, 2.24) is 15.5 Å². The number of hydrogen-bond acceptors (Lipinski definition) is 5. The summed E-state index contributed by atoms with van der Waals surface area (Å²) in [5.74, 6) is 2.49. The molecule has 7 nitrogen and oxygen atoms in total. The normalized spacial score (nSPS) is 11.8. The van der Waals surface area contributed by atoms with Gasteiger partial charge in [-0.2, -0.15) is 5.10 Å². The van der Waals surface area contributed by atoms with Crippen molar-refractivity contribution < 1.29 is 18.7 Å². The van der Waals surface area contributed by atoms with Gasteiger partial charge in [0.15, 0.2) is 11.5 Å². The standard InChI is InChI=1S/C19H21N3O4/c1-11-5-7-18(26-11)15-10-16(22-21-15)19(23)20-12(2)14-9-13(24-3)6-8-17(14)25-4/h5-10,12H,1-4H3,(H,20,23)(H,21,22). The monoisotopic (exact) mass is 355 g/mol. The molecule has 1 aromatic carbocycles. The van der Waals surface area contributed by atoms with Crippen LogP contribution in [0.1, 0.15) is 34.8 Å². The van der Waals surface area contributed by atoms with Crippen LogP contribution in [0.4, 0.5) is 0 Å². The van der Waals surface area contributed by atoms with Gasteiger partial charge in [0, 0.05) is 11.6 Å². The molecule has 0 spiro atoms. The van der Waals surface area contributed by atoms with Gasteiger partial charge in [-0.15, -0.1) is 0 Å². The topological polar surface area (TPSA) is 89.4 Å². The van der Waals surface area contributed by atoms with E-state index in [4.69, 9.17) is 13.9 Å². The molecule has 0 saturated carbocycles. The Kier molecular flexibility index (Phi) is 4.97. The van der Waals surface area contributed by atoms with Crippen LogP contribution in [-0.2, 0) is 0 Å². The number of aryl methyl sites for hydroxylation is 1. The highest BCUT2D eigenvalue weighted by Crippen LogP contribution is 2.29. The molecular formula is C19H21N3O4. The Labute approximate surface area is 151 Å². The summed E-state index contributed by atoms with van der Waals surface area (Å²) < 4.78 is 16.2. The van der Waals surface area contributed by atoms with Gasteiger partial charge < -0.3 is 19.2 Å². The molecule has 0 aliphatic carbocycles. The lowest BCUT2D eigenvalue weighted by atomic mass is 10.1. The lowest BCUT2D eigenvalue weighted by molar-refractivity contribution is 0.0934.